The van der Waals surface area contributed by atoms with Crippen molar-refractivity contribution in [2.75, 3.05) is 6.54 Å². The Bertz CT molecular complexity index is 1020. The number of thiazole rings is 1. The second kappa shape index (κ2) is 6.29. The van der Waals surface area contributed by atoms with Gasteiger partial charge in [0.05, 0.1) is 16.3 Å². The molecule has 0 saturated carbocycles. The molecule has 2 aromatic heterocycles. The number of carbonyl (C=O) groups excluding carboxylic acids is 1. The van der Waals surface area contributed by atoms with Gasteiger partial charge in [0.1, 0.15) is 11.6 Å². The summed E-state index contributed by atoms with van der Waals surface area (Å²) in [6.07, 6.45) is 3.13. The number of hydrogen-bond donors (Lipinski definition) is 1. The lowest BCUT2D eigenvalue weighted by molar-refractivity contribution is -0.132. The third kappa shape index (κ3) is 3.00. The molecule has 4 rings (SSSR count). The molecule has 0 radical (unpaired) electrons. The van der Waals surface area contributed by atoms with Crippen LogP contribution in [0.25, 0.3) is 10.2 Å². The van der Waals surface area contributed by atoms with Gasteiger partial charge in [-0.25, -0.2) is 9.78 Å². The van der Waals surface area contributed by atoms with Crippen LogP contribution >= 0.6 is 11.3 Å². The zero-order valence-electron chi connectivity index (χ0n) is 13.3. The summed E-state index contributed by atoms with van der Waals surface area (Å²) >= 11 is 1.61. The Hall–Kier alpha value is -2.74. The molecule has 1 aliphatic rings. The van der Waals surface area contributed by atoms with Crippen molar-refractivity contribution in [3.63, 3.8) is 0 Å². The number of aromatic amines is 1. The minimum absolute atomic E-state index is 0.0524. The minimum atomic E-state index is -0.573. The number of rotatable bonds is 3. The van der Waals surface area contributed by atoms with Crippen molar-refractivity contribution < 1.29 is 4.79 Å². The number of H-pyrrole nitrogens is 1. The molecule has 0 aliphatic carbocycles. The summed E-state index contributed by atoms with van der Waals surface area (Å²) in [6.45, 7) is 0.564. The Morgan fingerprint density at radius 3 is 2.92 bits per heavy atom. The predicted molar refractivity (Wildman–Crippen MR) is 94.6 cm³/mol. The lowest BCUT2D eigenvalue weighted by atomic mass is 10.2. The smallest absolute Gasteiger partial charge is 0.328 e. The monoisotopic (exact) mass is 356 g/mol. The van der Waals surface area contributed by atoms with Gasteiger partial charge in [-0.1, -0.05) is 12.1 Å². The molecule has 0 unspecified atom stereocenters. The number of nitrogens with one attached hydrogen (secondary N) is 1. The molecule has 1 N–H and O–H groups in total. The Morgan fingerprint density at radius 1 is 1.28 bits per heavy atom. The van der Waals surface area contributed by atoms with E-state index < -0.39 is 11.2 Å². The zero-order chi connectivity index (χ0) is 17.4. The number of hydrogen-bond acceptors (Lipinski definition) is 5. The quantitative estimate of drug-likeness (QED) is 0.770. The third-order valence-electron chi connectivity index (χ3n) is 4.37. The summed E-state index contributed by atoms with van der Waals surface area (Å²) in [4.78, 5) is 44.2. The van der Waals surface area contributed by atoms with E-state index >= 15 is 0 Å². The van der Waals surface area contributed by atoms with E-state index in [-0.39, 0.29) is 18.5 Å². The van der Waals surface area contributed by atoms with Crippen LogP contribution in [0.4, 0.5) is 0 Å². The first-order valence-electron chi connectivity index (χ1n) is 8.06. The molecule has 1 atom stereocenters. The topological polar surface area (TPSA) is 88.1 Å². The molecule has 8 heteroatoms. The minimum Gasteiger partial charge on any atom is -0.332 e. The Balaban J connectivity index is 1.59. The van der Waals surface area contributed by atoms with E-state index in [1.165, 1.54) is 16.8 Å². The third-order valence-corrected chi connectivity index (χ3v) is 5.51. The highest BCUT2D eigenvalue weighted by Crippen LogP contribution is 2.36. The van der Waals surface area contributed by atoms with Gasteiger partial charge in [0.25, 0.3) is 5.56 Å². The molecular formula is C17H16N4O3S. The number of likely N-dealkylation sites (tertiary alicyclic amines) is 1. The van der Waals surface area contributed by atoms with Crippen molar-refractivity contribution >= 4 is 27.5 Å². The van der Waals surface area contributed by atoms with E-state index in [4.69, 9.17) is 0 Å². The molecule has 25 heavy (non-hydrogen) atoms. The summed E-state index contributed by atoms with van der Waals surface area (Å²) in [5.74, 6) is -0.143. The Labute approximate surface area is 146 Å². The first kappa shape index (κ1) is 15.8. The highest BCUT2D eigenvalue weighted by atomic mass is 32.1. The number of carbonyl (C=O) groups is 1. The van der Waals surface area contributed by atoms with Gasteiger partial charge < -0.3 is 4.90 Å². The van der Waals surface area contributed by atoms with E-state index in [9.17, 15) is 14.4 Å². The van der Waals surface area contributed by atoms with Crippen LogP contribution in [0.1, 0.15) is 23.9 Å². The molecule has 128 valence electrons. The fraction of sp³-hybridized carbons (Fsp3) is 0.294. The number of aromatic nitrogens is 3. The predicted octanol–water partition coefficient (Wildman–Crippen LogP) is 1.51. The van der Waals surface area contributed by atoms with Crippen LogP contribution in [-0.2, 0) is 11.3 Å². The molecule has 1 amide bonds. The van der Waals surface area contributed by atoms with E-state index in [0.29, 0.717) is 6.54 Å². The van der Waals surface area contributed by atoms with Crippen LogP contribution < -0.4 is 11.2 Å². The van der Waals surface area contributed by atoms with Crippen LogP contribution in [0, 0.1) is 0 Å². The van der Waals surface area contributed by atoms with Gasteiger partial charge in [0, 0.05) is 18.8 Å². The van der Waals surface area contributed by atoms with Crippen LogP contribution in [0.2, 0.25) is 0 Å². The molecule has 7 nitrogen and oxygen atoms in total. The maximum atomic E-state index is 12.7. The number of amides is 1. The molecule has 0 bridgehead atoms. The largest absolute Gasteiger partial charge is 0.332 e. The average molecular weight is 356 g/mol. The fourth-order valence-corrected chi connectivity index (χ4v) is 4.28. The first-order valence-corrected chi connectivity index (χ1v) is 8.88. The number of benzene rings is 1. The summed E-state index contributed by atoms with van der Waals surface area (Å²) in [5.41, 5.74) is -0.0996. The van der Waals surface area contributed by atoms with Gasteiger partial charge in [-0.3, -0.25) is 19.1 Å². The number of nitrogens with zero attached hydrogens (tertiary/aromatic N) is 3. The molecular weight excluding hydrogens is 340 g/mol. The summed E-state index contributed by atoms with van der Waals surface area (Å²) in [5, 5.41) is 0.931. The van der Waals surface area contributed by atoms with Gasteiger partial charge in [-0.05, 0) is 25.0 Å². The van der Waals surface area contributed by atoms with Crippen molar-refractivity contribution in [1.82, 2.24) is 19.4 Å². The van der Waals surface area contributed by atoms with Gasteiger partial charge in [-0.15, -0.1) is 11.3 Å². The lowest BCUT2D eigenvalue weighted by Gasteiger charge is -2.23. The molecule has 3 heterocycles. The number of fused-ring (bicyclic) bond motifs is 1. The van der Waals surface area contributed by atoms with Crippen LogP contribution in [0.5, 0.6) is 0 Å². The summed E-state index contributed by atoms with van der Waals surface area (Å²) in [7, 11) is 0. The Morgan fingerprint density at radius 2 is 2.12 bits per heavy atom. The standard InChI is InChI=1S/C17H16N4O3S/c22-14-7-9-20(17(24)19-14)10-15(23)21-8-3-5-12(21)16-18-11-4-1-2-6-13(11)25-16/h1-2,4,6-7,9,12H,3,5,8,10H2,(H,19,22,24)/t12-/m0/s1. The molecule has 1 aliphatic heterocycles. The van der Waals surface area contributed by atoms with Crippen molar-refractivity contribution in [3.8, 4) is 0 Å². The van der Waals surface area contributed by atoms with Crippen molar-refractivity contribution in [3.05, 3.63) is 62.4 Å². The van der Waals surface area contributed by atoms with Gasteiger partial charge in [0.2, 0.25) is 5.91 Å². The SMILES string of the molecule is O=C(Cn1ccc(=O)[nH]c1=O)N1CCC[C@H]1c1nc2ccccc2s1. The maximum Gasteiger partial charge on any atom is 0.328 e. The zero-order valence-corrected chi connectivity index (χ0v) is 14.2. The van der Waals surface area contributed by atoms with Crippen molar-refractivity contribution in [2.24, 2.45) is 0 Å². The van der Waals surface area contributed by atoms with Gasteiger partial charge in [0.15, 0.2) is 0 Å². The van der Waals surface area contributed by atoms with E-state index in [2.05, 4.69) is 9.97 Å². The molecule has 3 aromatic rings. The Kier molecular flexibility index (Phi) is 3.96. The molecule has 0 spiro atoms. The summed E-state index contributed by atoms with van der Waals surface area (Å²) < 4.78 is 2.32. The molecule has 1 aromatic carbocycles. The van der Waals surface area contributed by atoms with E-state index in [1.54, 1.807) is 16.2 Å². The normalized spacial score (nSPS) is 17.3. The van der Waals surface area contributed by atoms with Crippen LogP contribution in [-0.4, -0.2) is 31.9 Å². The highest BCUT2D eigenvalue weighted by molar-refractivity contribution is 7.18. The van der Waals surface area contributed by atoms with Crippen LogP contribution in [0.15, 0.2) is 46.1 Å². The maximum absolute atomic E-state index is 12.7. The lowest BCUT2D eigenvalue weighted by Crippen LogP contribution is -2.38. The van der Waals surface area contributed by atoms with Crippen LogP contribution in [0.3, 0.4) is 0 Å². The second-order valence-electron chi connectivity index (χ2n) is 6.00. The van der Waals surface area contributed by atoms with E-state index in [1.807, 2.05) is 24.3 Å². The number of para-hydroxylation sites is 1. The van der Waals surface area contributed by atoms with E-state index in [0.717, 1.165) is 28.1 Å². The summed E-state index contributed by atoms with van der Waals surface area (Å²) in [6, 6.07) is 9.11. The molecule has 1 fully saturated rings. The highest BCUT2D eigenvalue weighted by Gasteiger charge is 2.32. The fourth-order valence-electron chi connectivity index (χ4n) is 3.16. The van der Waals surface area contributed by atoms with Gasteiger partial charge >= 0.3 is 5.69 Å². The first-order chi connectivity index (χ1) is 12.1. The van der Waals surface area contributed by atoms with Crippen molar-refractivity contribution in [1.29, 1.82) is 0 Å². The average Bonchev–Trinajstić information content (AvgIpc) is 3.23. The molecule has 1 saturated heterocycles. The second-order valence-corrected chi connectivity index (χ2v) is 7.07. The van der Waals surface area contributed by atoms with Crippen molar-refractivity contribution in [2.45, 2.75) is 25.4 Å². The van der Waals surface area contributed by atoms with Gasteiger partial charge in [-0.2, -0.15) is 0 Å².